The monoisotopic (exact) mass is 264 g/mol. The Labute approximate surface area is 113 Å². The standard InChI is InChI=1S/C15H20O4/c16-13(9-15(14(17)18)7-4-8-15)11-19-10-12-5-2-1-3-6-12/h1-3,5-6,13,16H,4,7-11H2,(H,17,18). The van der Waals surface area contributed by atoms with Gasteiger partial charge in [0.05, 0.1) is 24.7 Å². The summed E-state index contributed by atoms with van der Waals surface area (Å²) in [5.74, 6) is -0.791. The van der Waals surface area contributed by atoms with Gasteiger partial charge in [0.2, 0.25) is 0 Å². The van der Waals surface area contributed by atoms with Crippen molar-refractivity contribution < 1.29 is 19.7 Å². The van der Waals surface area contributed by atoms with Gasteiger partial charge >= 0.3 is 5.97 Å². The molecule has 1 fully saturated rings. The largest absolute Gasteiger partial charge is 0.481 e. The van der Waals surface area contributed by atoms with Crippen molar-refractivity contribution in [2.45, 2.75) is 38.4 Å². The van der Waals surface area contributed by atoms with E-state index in [1.165, 1.54) is 0 Å². The van der Waals surface area contributed by atoms with Gasteiger partial charge in [-0.05, 0) is 24.8 Å². The second-order valence-corrected chi connectivity index (χ2v) is 5.30. The van der Waals surface area contributed by atoms with Crippen molar-refractivity contribution in [2.75, 3.05) is 6.61 Å². The van der Waals surface area contributed by atoms with E-state index in [1.807, 2.05) is 30.3 Å². The Bertz CT molecular complexity index is 411. The van der Waals surface area contributed by atoms with Crippen molar-refractivity contribution in [3.8, 4) is 0 Å². The third kappa shape index (κ3) is 3.55. The molecule has 0 saturated heterocycles. The highest BCUT2D eigenvalue weighted by atomic mass is 16.5. The molecule has 1 aromatic carbocycles. The zero-order valence-corrected chi connectivity index (χ0v) is 10.9. The first-order chi connectivity index (χ1) is 9.12. The van der Waals surface area contributed by atoms with E-state index in [-0.39, 0.29) is 13.0 Å². The van der Waals surface area contributed by atoms with Crippen molar-refractivity contribution in [3.63, 3.8) is 0 Å². The molecule has 19 heavy (non-hydrogen) atoms. The zero-order chi connectivity index (χ0) is 13.7. The molecular formula is C15H20O4. The fourth-order valence-corrected chi connectivity index (χ4v) is 2.51. The Kier molecular flexibility index (Phi) is 4.56. The van der Waals surface area contributed by atoms with E-state index in [0.717, 1.165) is 12.0 Å². The van der Waals surface area contributed by atoms with Gasteiger partial charge in [-0.3, -0.25) is 4.79 Å². The summed E-state index contributed by atoms with van der Waals surface area (Å²) in [4.78, 5) is 11.2. The number of carboxylic acid groups (broad SMARTS) is 1. The van der Waals surface area contributed by atoms with E-state index >= 15 is 0 Å². The summed E-state index contributed by atoms with van der Waals surface area (Å²) in [5.41, 5.74) is 0.335. The molecule has 1 aromatic rings. The Morgan fingerprint density at radius 3 is 2.53 bits per heavy atom. The number of hydrogen-bond acceptors (Lipinski definition) is 3. The highest BCUT2D eigenvalue weighted by Crippen LogP contribution is 2.45. The van der Waals surface area contributed by atoms with Gasteiger partial charge in [0.1, 0.15) is 0 Å². The van der Waals surface area contributed by atoms with Gasteiger partial charge in [-0.2, -0.15) is 0 Å². The van der Waals surface area contributed by atoms with E-state index in [9.17, 15) is 15.0 Å². The van der Waals surface area contributed by atoms with E-state index in [4.69, 9.17) is 4.74 Å². The maximum Gasteiger partial charge on any atom is 0.309 e. The molecule has 4 heteroatoms. The summed E-state index contributed by atoms with van der Waals surface area (Å²) in [6, 6.07) is 9.71. The van der Waals surface area contributed by atoms with Crippen LogP contribution >= 0.6 is 0 Å². The van der Waals surface area contributed by atoms with Crippen LogP contribution in [0.5, 0.6) is 0 Å². The molecule has 2 rings (SSSR count). The Balaban J connectivity index is 1.73. The molecule has 2 N–H and O–H groups in total. The number of aliphatic carboxylic acids is 1. The van der Waals surface area contributed by atoms with Crippen LogP contribution in [-0.4, -0.2) is 28.9 Å². The molecule has 1 saturated carbocycles. The van der Waals surface area contributed by atoms with Gasteiger partial charge in [0.15, 0.2) is 0 Å². The van der Waals surface area contributed by atoms with Crippen molar-refractivity contribution >= 4 is 5.97 Å². The van der Waals surface area contributed by atoms with Crippen LogP contribution in [0, 0.1) is 5.41 Å². The molecule has 1 unspecified atom stereocenters. The number of hydrogen-bond donors (Lipinski definition) is 2. The highest BCUT2D eigenvalue weighted by molar-refractivity contribution is 5.75. The van der Waals surface area contributed by atoms with Crippen LogP contribution in [0.15, 0.2) is 30.3 Å². The fraction of sp³-hybridized carbons (Fsp3) is 0.533. The van der Waals surface area contributed by atoms with E-state index < -0.39 is 17.5 Å². The summed E-state index contributed by atoms with van der Waals surface area (Å²) in [6.45, 7) is 0.627. The van der Waals surface area contributed by atoms with Crippen LogP contribution in [0.1, 0.15) is 31.2 Å². The molecule has 0 heterocycles. The first-order valence-electron chi connectivity index (χ1n) is 6.65. The second-order valence-electron chi connectivity index (χ2n) is 5.30. The number of carboxylic acids is 1. The quantitative estimate of drug-likeness (QED) is 0.792. The van der Waals surface area contributed by atoms with Gasteiger partial charge in [-0.25, -0.2) is 0 Å². The number of ether oxygens (including phenoxy) is 1. The summed E-state index contributed by atoms with van der Waals surface area (Å²) >= 11 is 0. The molecule has 4 nitrogen and oxygen atoms in total. The van der Waals surface area contributed by atoms with Crippen molar-refractivity contribution in [1.82, 2.24) is 0 Å². The molecule has 1 atom stereocenters. The Morgan fingerprint density at radius 2 is 2.00 bits per heavy atom. The maximum absolute atomic E-state index is 11.2. The Hall–Kier alpha value is -1.39. The molecular weight excluding hydrogens is 244 g/mol. The molecule has 104 valence electrons. The third-order valence-electron chi connectivity index (χ3n) is 3.81. The lowest BCUT2D eigenvalue weighted by Crippen LogP contribution is -2.41. The molecule has 0 aliphatic heterocycles. The summed E-state index contributed by atoms with van der Waals surface area (Å²) in [7, 11) is 0. The smallest absolute Gasteiger partial charge is 0.309 e. The zero-order valence-electron chi connectivity index (χ0n) is 10.9. The number of benzene rings is 1. The van der Waals surface area contributed by atoms with Crippen LogP contribution in [-0.2, 0) is 16.1 Å². The van der Waals surface area contributed by atoms with Crippen molar-refractivity contribution in [3.05, 3.63) is 35.9 Å². The van der Waals surface area contributed by atoms with Crippen LogP contribution in [0.25, 0.3) is 0 Å². The van der Waals surface area contributed by atoms with Crippen LogP contribution in [0.4, 0.5) is 0 Å². The second kappa shape index (κ2) is 6.17. The first kappa shape index (κ1) is 14.0. The van der Waals surface area contributed by atoms with Gasteiger partial charge in [-0.1, -0.05) is 36.8 Å². The molecule has 0 amide bonds. The molecule has 0 aromatic heterocycles. The minimum absolute atomic E-state index is 0.184. The summed E-state index contributed by atoms with van der Waals surface area (Å²) in [6.07, 6.45) is 1.84. The average molecular weight is 264 g/mol. The van der Waals surface area contributed by atoms with E-state index in [0.29, 0.717) is 19.4 Å². The topological polar surface area (TPSA) is 66.8 Å². The minimum Gasteiger partial charge on any atom is -0.481 e. The summed E-state index contributed by atoms with van der Waals surface area (Å²) in [5, 5.41) is 19.1. The third-order valence-corrected chi connectivity index (χ3v) is 3.81. The van der Waals surface area contributed by atoms with Gasteiger partial charge < -0.3 is 14.9 Å². The lowest BCUT2D eigenvalue weighted by Gasteiger charge is -2.38. The van der Waals surface area contributed by atoms with Crippen LogP contribution < -0.4 is 0 Å². The predicted octanol–water partition coefficient (Wildman–Crippen LogP) is 2.21. The van der Waals surface area contributed by atoms with Gasteiger partial charge in [0.25, 0.3) is 0 Å². The SMILES string of the molecule is O=C(O)C1(CC(O)COCc2ccccc2)CCC1. The summed E-state index contributed by atoms with van der Waals surface area (Å²) < 4.78 is 5.43. The van der Waals surface area contributed by atoms with Crippen LogP contribution in [0.2, 0.25) is 0 Å². The lowest BCUT2D eigenvalue weighted by molar-refractivity contribution is -0.158. The van der Waals surface area contributed by atoms with Crippen molar-refractivity contribution in [2.24, 2.45) is 5.41 Å². The van der Waals surface area contributed by atoms with Crippen molar-refractivity contribution in [1.29, 1.82) is 0 Å². The number of aliphatic hydroxyl groups is 1. The highest BCUT2D eigenvalue weighted by Gasteiger charge is 2.45. The molecule has 1 aliphatic rings. The lowest BCUT2D eigenvalue weighted by atomic mass is 9.66. The normalized spacial score (nSPS) is 18.6. The van der Waals surface area contributed by atoms with Gasteiger partial charge in [-0.15, -0.1) is 0 Å². The molecule has 1 aliphatic carbocycles. The number of rotatable bonds is 7. The van der Waals surface area contributed by atoms with E-state index in [1.54, 1.807) is 0 Å². The first-order valence-corrected chi connectivity index (χ1v) is 6.65. The molecule has 0 radical (unpaired) electrons. The maximum atomic E-state index is 11.2. The van der Waals surface area contributed by atoms with Gasteiger partial charge in [0, 0.05) is 0 Å². The molecule has 0 bridgehead atoms. The number of aliphatic hydroxyl groups excluding tert-OH is 1. The number of carbonyl (C=O) groups is 1. The average Bonchev–Trinajstić information content (AvgIpc) is 2.34. The predicted molar refractivity (Wildman–Crippen MR) is 70.6 cm³/mol. The fourth-order valence-electron chi connectivity index (χ4n) is 2.51. The Morgan fingerprint density at radius 1 is 1.32 bits per heavy atom. The van der Waals surface area contributed by atoms with Crippen LogP contribution in [0.3, 0.4) is 0 Å². The molecule has 0 spiro atoms. The van der Waals surface area contributed by atoms with E-state index in [2.05, 4.69) is 0 Å². The minimum atomic E-state index is -0.791.